The van der Waals surface area contributed by atoms with Crippen molar-refractivity contribution in [3.8, 4) is 6.07 Å². The maximum Gasteiger partial charge on any atom is 0.240 e. The highest BCUT2D eigenvalue weighted by Crippen LogP contribution is 2.29. The lowest BCUT2D eigenvalue weighted by atomic mass is 9.81. The zero-order valence-corrected chi connectivity index (χ0v) is 10.5. The molecule has 1 aromatic carbocycles. The standard InChI is InChI=1S/C14H15FN2O2/c15-12-3-1-2-11(8-12)9-17-13(18)14(10-16)4-6-19-7-5-14/h1-3,8H,4-7,9H2,(H,17,18). The van der Waals surface area contributed by atoms with E-state index in [9.17, 15) is 14.4 Å². The molecule has 1 amide bonds. The minimum atomic E-state index is -1.01. The quantitative estimate of drug-likeness (QED) is 0.902. The number of nitriles is 1. The molecule has 1 N–H and O–H groups in total. The molecule has 0 bridgehead atoms. The molecule has 1 aromatic rings. The number of carbonyl (C=O) groups excluding carboxylic acids is 1. The summed E-state index contributed by atoms with van der Waals surface area (Å²) in [6.45, 7) is 1.06. The zero-order chi connectivity index (χ0) is 13.7. The summed E-state index contributed by atoms with van der Waals surface area (Å²) in [4.78, 5) is 12.1. The summed E-state index contributed by atoms with van der Waals surface area (Å²) in [6.07, 6.45) is 0.803. The zero-order valence-electron chi connectivity index (χ0n) is 10.5. The first-order valence-corrected chi connectivity index (χ1v) is 6.18. The van der Waals surface area contributed by atoms with Crippen LogP contribution in [0.3, 0.4) is 0 Å². The lowest BCUT2D eigenvalue weighted by Gasteiger charge is -2.29. The second-order valence-electron chi connectivity index (χ2n) is 4.62. The molecule has 4 nitrogen and oxygen atoms in total. The SMILES string of the molecule is N#CC1(C(=O)NCc2cccc(F)c2)CCOCC1. The van der Waals surface area contributed by atoms with Crippen LogP contribution in [0.25, 0.3) is 0 Å². The van der Waals surface area contributed by atoms with Gasteiger partial charge >= 0.3 is 0 Å². The van der Waals surface area contributed by atoms with Crippen LogP contribution in [0.4, 0.5) is 4.39 Å². The van der Waals surface area contributed by atoms with E-state index in [1.807, 2.05) is 0 Å². The molecule has 2 rings (SSSR count). The molecule has 1 saturated heterocycles. The van der Waals surface area contributed by atoms with Crippen LogP contribution in [-0.2, 0) is 16.1 Å². The van der Waals surface area contributed by atoms with Crippen LogP contribution in [0.1, 0.15) is 18.4 Å². The first-order chi connectivity index (χ1) is 9.16. The van der Waals surface area contributed by atoms with Gasteiger partial charge in [-0.15, -0.1) is 0 Å². The topological polar surface area (TPSA) is 62.1 Å². The number of hydrogen-bond donors (Lipinski definition) is 1. The Morgan fingerprint density at radius 3 is 2.84 bits per heavy atom. The second kappa shape index (κ2) is 5.81. The van der Waals surface area contributed by atoms with E-state index >= 15 is 0 Å². The van der Waals surface area contributed by atoms with Crippen molar-refractivity contribution in [2.24, 2.45) is 5.41 Å². The Labute approximate surface area is 111 Å². The number of nitrogens with zero attached hydrogens (tertiary/aromatic N) is 1. The largest absolute Gasteiger partial charge is 0.381 e. The van der Waals surface area contributed by atoms with E-state index in [-0.39, 0.29) is 18.3 Å². The van der Waals surface area contributed by atoms with Gasteiger partial charge < -0.3 is 10.1 Å². The molecule has 1 aliphatic heterocycles. The molecule has 0 radical (unpaired) electrons. The average molecular weight is 262 g/mol. The van der Waals surface area contributed by atoms with Crippen LogP contribution in [0.2, 0.25) is 0 Å². The van der Waals surface area contributed by atoms with Crippen LogP contribution in [-0.4, -0.2) is 19.1 Å². The Morgan fingerprint density at radius 1 is 1.47 bits per heavy atom. The number of ether oxygens (including phenoxy) is 1. The van der Waals surface area contributed by atoms with E-state index in [0.29, 0.717) is 31.6 Å². The Kier molecular flexibility index (Phi) is 4.13. The first kappa shape index (κ1) is 13.5. The number of nitrogens with one attached hydrogen (secondary N) is 1. The molecule has 1 aliphatic rings. The predicted octanol–water partition coefficient (Wildman–Crippen LogP) is 1.76. The third-order valence-corrected chi connectivity index (χ3v) is 3.34. The Morgan fingerprint density at radius 2 is 2.21 bits per heavy atom. The van der Waals surface area contributed by atoms with E-state index in [0.717, 1.165) is 0 Å². The predicted molar refractivity (Wildman–Crippen MR) is 66.3 cm³/mol. The third-order valence-electron chi connectivity index (χ3n) is 3.34. The Bertz CT molecular complexity index is 504. The van der Waals surface area contributed by atoms with Crippen molar-refractivity contribution in [1.82, 2.24) is 5.32 Å². The molecule has 0 unspecified atom stereocenters. The number of carbonyl (C=O) groups is 1. The molecular formula is C14H15FN2O2. The van der Waals surface area contributed by atoms with Gasteiger partial charge in [-0.25, -0.2) is 4.39 Å². The van der Waals surface area contributed by atoms with E-state index in [4.69, 9.17) is 4.74 Å². The van der Waals surface area contributed by atoms with Crippen molar-refractivity contribution >= 4 is 5.91 Å². The van der Waals surface area contributed by atoms with E-state index in [1.54, 1.807) is 12.1 Å². The van der Waals surface area contributed by atoms with Crippen molar-refractivity contribution in [3.05, 3.63) is 35.6 Å². The lowest BCUT2D eigenvalue weighted by Crippen LogP contribution is -2.43. The van der Waals surface area contributed by atoms with E-state index < -0.39 is 5.41 Å². The van der Waals surface area contributed by atoms with Crippen LogP contribution in [0.15, 0.2) is 24.3 Å². The van der Waals surface area contributed by atoms with Crippen molar-refractivity contribution in [3.63, 3.8) is 0 Å². The maximum atomic E-state index is 13.0. The van der Waals surface area contributed by atoms with Gasteiger partial charge in [0, 0.05) is 19.8 Å². The highest BCUT2D eigenvalue weighted by molar-refractivity contribution is 5.85. The summed E-state index contributed by atoms with van der Waals surface area (Å²) in [5.74, 6) is -0.643. The fraction of sp³-hybridized carbons (Fsp3) is 0.429. The first-order valence-electron chi connectivity index (χ1n) is 6.18. The molecule has 0 saturated carbocycles. The van der Waals surface area contributed by atoms with Gasteiger partial charge in [0.2, 0.25) is 5.91 Å². The third kappa shape index (κ3) is 3.09. The maximum absolute atomic E-state index is 13.0. The van der Waals surface area contributed by atoms with Gasteiger partial charge in [0.05, 0.1) is 6.07 Å². The van der Waals surface area contributed by atoms with Gasteiger partial charge in [0.1, 0.15) is 11.2 Å². The van der Waals surface area contributed by atoms with Crippen LogP contribution >= 0.6 is 0 Å². The highest BCUT2D eigenvalue weighted by Gasteiger charge is 2.40. The smallest absolute Gasteiger partial charge is 0.240 e. The molecule has 100 valence electrons. The minimum absolute atomic E-state index is 0.223. The highest BCUT2D eigenvalue weighted by atomic mass is 19.1. The number of benzene rings is 1. The molecule has 1 fully saturated rings. The van der Waals surface area contributed by atoms with Crippen molar-refractivity contribution in [1.29, 1.82) is 5.26 Å². The summed E-state index contributed by atoms with van der Waals surface area (Å²) >= 11 is 0. The van der Waals surface area contributed by atoms with Gasteiger partial charge in [0.25, 0.3) is 0 Å². The van der Waals surface area contributed by atoms with Crippen LogP contribution in [0, 0.1) is 22.6 Å². The number of amides is 1. The van der Waals surface area contributed by atoms with Crippen LogP contribution < -0.4 is 5.32 Å². The second-order valence-corrected chi connectivity index (χ2v) is 4.62. The molecule has 0 spiro atoms. The van der Waals surface area contributed by atoms with Gasteiger partial charge in [-0.1, -0.05) is 12.1 Å². The molecule has 19 heavy (non-hydrogen) atoms. The molecule has 1 heterocycles. The number of rotatable bonds is 3. The van der Waals surface area contributed by atoms with E-state index in [1.165, 1.54) is 12.1 Å². The van der Waals surface area contributed by atoms with Crippen molar-refractivity contribution < 1.29 is 13.9 Å². The number of halogens is 1. The Hall–Kier alpha value is -1.93. The molecular weight excluding hydrogens is 247 g/mol. The summed E-state index contributed by atoms with van der Waals surface area (Å²) in [6, 6.07) is 8.13. The van der Waals surface area contributed by atoms with Gasteiger partial charge in [-0.3, -0.25) is 4.79 Å². The van der Waals surface area contributed by atoms with Crippen LogP contribution in [0.5, 0.6) is 0 Å². The molecule has 0 aromatic heterocycles. The van der Waals surface area contributed by atoms with Crippen molar-refractivity contribution in [2.75, 3.05) is 13.2 Å². The molecule has 0 aliphatic carbocycles. The number of hydrogen-bond acceptors (Lipinski definition) is 3. The molecule has 5 heteroatoms. The monoisotopic (exact) mass is 262 g/mol. The lowest BCUT2D eigenvalue weighted by molar-refractivity contribution is -0.132. The van der Waals surface area contributed by atoms with Gasteiger partial charge in [-0.2, -0.15) is 5.26 Å². The normalized spacial score (nSPS) is 17.5. The fourth-order valence-electron chi connectivity index (χ4n) is 2.11. The van der Waals surface area contributed by atoms with Gasteiger partial charge in [-0.05, 0) is 30.5 Å². The summed E-state index contributed by atoms with van der Waals surface area (Å²) in [5.41, 5.74) is -0.334. The summed E-state index contributed by atoms with van der Waals surface area (Å²) in [7, 11) is 0. The molecule has 0 atom stereocenters. The average Bonchev–Trinajstić information content (AvgIpc) is 2.45. The summed E-state index contributed by atoms with van der Waals surface area (Å²) < 4.78 is 18.2. The Balaban J connectivity index is 1.99. The minimum Gasteiger partial charge on any atom is -0.381 e. The van der Waals surface area contributed by atoms with E-state index in [2.05, 4.69) is 11.4 Å². The van der Waals surface area contributed by atoms with Gasteiger partial charge in [0.15, 0.2) is 0 Å². The van der Waals surface area contributed by atoms with Crippen molar-refractivity contribution in [2.45, 2.75) is 19.4 Å². The summed E-state index contributed by atoms with van der Waals surface area (Å²) in [5, 5.41) is 11.9. The fourth-order valence-corrected chi connectivity index (χ4v) is 2.11.